The molecule has 1 amide bonds. The van der Waals surface area contributed by atoms with Crippen LogP contribution in [0.2, 0.25) is 0 Å². The molecule has 0 aromatic heterocycles. The number of carbonyl (C=O) groups excluding carboxylic acids is 1. The minimum atomic E-state index is -4.72. The second-order valence-electron chi connectivity index (χ2n) is 6.36. The number of ether oxygens (including phenoxy) is 1. The molecule has 0 saturated heterocycles. The van der Waals surface area contributed by atoms with E-state index < -0.39 is 23.2 Å². The van der Waals surface area contributed by atoms with Gasteiger partial charge < -0.3 is 15.2 Å². The first kappa shape index (κ1) is 21.4. The molecule has 0 fully saturated rings. The number of amides is 1. The van der Waals surface area contributed by atoms with Crippen molar-refractivity contribution in [2.75, 3.05) is 13.7 Å². The highest BCUT2D eigenvalue weighted by Gasteiger charge is 2.57. The molecule has 0 radical (unpaired) electrons. The van der Waals surface area contributed by atoms with E-state index in [4.69, 9.17) is 4.74 Å². The number of benzene rings is 1. The van der Waals surface area contributed by atoms with E-state index in [0.717, 1.165) is 6.92 Å². The first-order chi connectivity index (χ1) is 11.6. The molecule has 1 aromatic carbocycles. The summed E-state index contributed by atoms with van der Waals surface area (Å²) < 4.78 is 45.5. The lowest BCUT2D eigenvalue weighted by atomic mass is 9.82. The van der Waals surface area contributed by atoms with Gasteiger partial charge in [-0.2, -0.15) is 13.2 Å². The number of halogens is 3. The van der Waals surface area contributed by atoms with Crippen molar-refractivity contribution in [1.82, 2.24) is 5.32 Å². The molecule has 2 atom stereocenters. The van der Waals surface area contributed by atoms with Gasteiger partial charge in [-0.3, -0.25) is 4.79 Å². The van der Waals surface area contributed by atoms with E-state index in [9.17, 15) is 23.1 Å². The Morgan fingerprint density at radius 1 is 1.20 bits per heavy atom. The maximum absolute atomic E-state index is 13.5. The average molecular weight is 361 g/mol. The second-order valence-corrected chi connectivity index (χ2v) is 6.36. The zero-order valence-corrected chi connectivity index (χ0v) is 14.8. The van der Waals surface area contributed by atoms with Crippen molar-refractivity contribution < 1.29 is 27.8 Å². The van der Waals surface area contributed by atoms with Gasteiger partial charge in [0.2, 0.25) is 5.91 Å². The molecule has 0 bridgehead atoms. The van der Waals surface area contributed by atoms with Crippen molar-refractivity contribution in [2.45, 2.75) is 51.4 Å². The lowest BCUT2D eigenvalue weighted by Crippen LogP contribution is -2.56. The molecule has 1 aromatic rings. The first-order valence-corrected chi connectivity index (χ1v) is 8.27. The van der Waals surface area contributed by atoms with Gasteiger partial charge in [0.05, 0.1) is 6.61 Å². The highest BCUT2D eigenvalue weighted by molar-refractivity contribution is 5.83. The summed E-state index contributed by atoms with van der Waals surface area (Å²) in [5.74, 6) is -1.24. The maximum Gasteiger partial charge on any atom is 0.402 e. The number of aliphatic hydroxyl groups is 1. The van der Waals surface area contributed by atoms with Gasteiger partial charge in [0.1, 0.15) is 5.41 Å². The Bertz CT molecular complexity index is 550. The summed E-state index contributed by atoms with van der Waals surface area (Å²) in [6.45, 7) is 2.71. The van der Waals surface area contributed by atoms with Crippen molar-refractivity contribution in [3.05, 3.63) is 35.9 Å². The number of methoxy groups -OCH3 is 1. The molecular weight excluding hydrogens is 335 g/mol. The Kier molecular flexibility index (Phi) is 7.44. The van der Waals surface area contributed by atoms with E-state index in [-0.39, 0.29) is 25.9 Å². The Hall–Kier alpha value is -1.60. The molecule has 4 nitrogen and oxygen atoms in total. The quantitative estimate of drug-likeness (QED) is 0.659. The molecule has 0 unspecified atom stereocenters. The molecule has 142 valence electrons. The highest BCUT2D eigenvalue weighted by Crippen LogP contribution is 2.43. The van der Waals surface area contributed by atoms with Gasteiger partial charge in [-0.25, -0.2) is 0 Å². The maximum atomic E-state index is 13.5. The van der Waals surface area contributed by atoms with E-state index in [2.05, 4.69) is 5.32 Å². The summed E-state index contributed by atoms with van der Waals surface area (Å²) >= 11 is 0. The third-order valence-corrected chi connectivity index (χ3v) is 4.40. The highest BCUT2D eigenvalue weighted by atomic mass is 19.4. The van der Waals surface area contributed by atoms with E-state index in [1.54, 1.807) is 37.3 Å². The molecule has 0 heterocycles. The monoisotopic (exact) mass is 361 g/mol. The van der Waals surface area contributed by atoms with Crippen LogP contribution in [0.3, 0.4) is 0 Å². The fraction of sp³-hybridized carbons (Fsp3) is 0.611. The zero-order valence-electron chi connectivity index (χ0n) is 14.8. The Balaban J connectivity index is 3.15. The van der Waals surface area contributed by atoms with E-state index in [1.807, 2.05) is 0 Å². The number of unbranched alkanes of at least 4 members (excludes halogenated alkanes) is 1. The van der Waals surface area contributed by atoms with Gasteiger partial charge in [0.25, 0.3) is 0 Å². The van der Waals surface area contributed by atoms with Crippen LogP contribution in [0.15, 0.2) is 30.3 Å². The molecule has 0 aliphatic rings. The standard InChI is InChI=1S/C18H26F3NO3/c1-4-5-11-16(2,18(19,20)21)15(23)22-17(24,12-13-25-3)14-9-7-6-8-10-14/h6-10,24H,4-5,11-13H2,1-3H3,(H,22,23)/t16-,17-/m0/s1. The topological polar surface area (TPSA) is 58.6 Å². The molecule has 0 spiro atoms. The largest absolute Gasteiger partial charge is 0.402 e. The summed E-state index contributed by atoms with van der Waals surface area (Å²) in [5.41, 5.74) is -4.20. The fourth-order valence-corrected chi connectivity index (χ4v) is 2.48. The number of rotatable bonds is 9. The number of alkyl halides is 3. The lowest BCUT2D eigenvalue weighted by Gasteiger charge is -2.36. The molecule has 2 N–H and O–H groups in total. The third-order valence-electron chi connectivity index (χ3n) is 4.40. The van der Waals surface area contributed by atoms with Crippen molar-refractivity contribution >= 4 is 5.91 Å². The van der Waals surface area contributed by atoms with E-state index >= 15 is 0 Å². The summed E-state index contributed by atoms with van der Waals surface area (Å²) in [4.78, 5) is 12.5. The SMILES string of the molecule is CCCC[C@@](C)(C(=O)N[C@](O)(CCOC)c1ccccc1)C(F)(F)F. The Morgan fingerprint density at radius 2 is 1.80 bits per heavy atom. The fourth-order valence-electron chi connectivity index (χ4n) is 2.48. The summed E-state index contributed by atoms with van der Waals surface area (Å²) in [5, 5.41) is 13.1. The minimum absolute atomic E-state index is 0.0685. The Labute approximate surface area is 146 Å². The number of carbonyl (C=O) groups is 1. The molecule has 0 aliphatic heterocycles. The van der Waals surface area contributed by atoms with Gasteiger partial charge in [-0.15, -0.1) is 0 Å². The van der Waals surface area contributed by atoms with Crippen LogP contribution in [0, 0.1) is 5.41 Å². The summed E-state index contributed by atoms with van der Waals surface area (Å²) in [6.07, 6.45) is -4.34. The van der Waals surface area contributed by atoms with Crippen LogP contribution in [0.25, 0.3) is 0 Å². The van der Waals surface area contributed by atoms with Gasteiger partial charge in [-0.05, 0) is 13.3 Å². The lowest BCUT2D eigenvalue weighted by molar-refractivity contribution is -0.222. The summed E-state index contributed by atoms with van der Waals surface area (Å²) in [7, 11) is 1.41. The average Bonchev–Trinajstić information content (AvgIpc) is 2.57. The van der Waals surface area contributed by atoms with Crippen LogP contribution in [-0.4, -0.2) is 30.9 Å². The van der Waals surface area contributed by atoms with Crippen LogP contribution < -0.4 is 5.32 Å². The number of hydrogen-bond donors (Lipinski definition) is 2. The van der Waals surface area contributed by atoms with Crippen LogP contribution in [0.4, 0.5) is 13.2 Å². The number of hydrogen-bond acceptors (Lipinski definition) is 3. The normalized spacial score (nSPS) is 16.8. The number of nitrogens with one attached hydrogen (secondary N) is 1. The van der Waals surface area contributed by atoms with Gasteiger partial charge in [-0.1, -0.05) is 50.1 Å². The molecule has 7 heteroatoms. The van der Waals surface area contributed by atoms with Crippen LogP contribution in [0.5, 0.6) is 0 Å². The minimum Gasteiger partial charge on any atom is -0.384 e. The molecule has 0 saturated carbocycles. The van der Waals surface area contributed by atoms with Crippen LogP contribution >= 0.6 is 0 Å². The van der Waals surface area contributed by atoms with Crippen molar-refractivity contribution in [1.29, 1.82) is 0 Å². The van der Waals surface area contributed by atoms with Crippen molar-refractivity contribution in [3.8, 4) is 0 Å². The van der Waals surface area contributed by atoms with Crippen molar-refractivity contribution in [2.24, 2.45) is 5.41 Å². The van der Waals surface area contributed by atoms with Gasteiger partial charge in [0.15, 0.2) is 5.72 Å². The Morgan fingerprint density at radius 3 is 2.28 bits per heavy atom. The van der Waals surface area contributed by atoms with Gasteiger partial charge in [0, 0.05) is 19.1 Å². The zero-order chi connectivity index (χ0) is 19.1. The van der Waals surface area contributed by atoms with Crippen molar-refractivity contribution in [3.63, 3.8) is 0 Å². The smallest absolute Gasteiger partial charge is 0.384 e. The van der Waals surface area contributed by atoms with E-state index in [0.29, 0.717) is 12.0 Å². The molecule has 25 heavy (non-hydrogen) atoms. The molecule has 1 rings (SSSR count). The van der Waals surface area contributed by atoms with Gasteiger partial charge >= 0.3 is 6.18 Å². The second kappa shape index (κ2) is 8.67. The molecular formula is C18H26F3NO3. The van der Waals surface area contributed by atoms with Crippen LogP contribution in [0.1, 0.15) is 45.1 Å². The predicted molar refractivity (Wildman–Crippen MR) is 88.7 cm³/mol. The van der Waals surface area contributed by atoms with E-state index in [1.165, 1.54) is 7.11 Å². The summed E-state index contributed by atoms with van der Waals surface area (Å²) in [6, 6.07) is 8.08. The molecule has 0 aliphatic carbocycles. The predicted octanol–water partition coefficient (Wildman–Crippen LogP) is 3.74. The van der Waals surface area contributed by atoms with Crippen LogP contribution in [-0.2, 0) is 15.3 Å². The third kappa shape index (κ3) is 5.19. The first-order valence-electron chi connectivity index (χ1n) is 8.27.